The third-order valence-electron chi connectivity index (χ3n) is 4.84. The van der Waals surface area contributed by atoms with Gasteiger partial charge in [-0.1, -0.05) is 17.7 Å². The molecule has 1 aliphatic carbocycles. The fourth-order valence-electron chi connectivity index (χ4n) is 3.42. The van der Waals surface area contributed by atoms with Crippen molar-refractivity contribution in [1.82, 2.24) is 4.98 Å². The highest BCUT2D eigenvalue weighted by molar-refractivity contribution is 9.10. The van der Waals surface area contributed by atoms with Crippen molar-refractivity contribution in [1.29, 1.82) is 0 Å². The van der Waals surface area contributed by atoms with Crippen LogP contribution in [0.1, 0.15) is 34.5 Å². The molecule has 1 atom stereocenters. The molecule has 1 aromatic heterocycles. The van der Waals surface area contributed by atoms with Crippen molar-refractivity contribution in [3.05, 3.63) is 56.8 Å². The van der Waals surface area contributed by atoms with E-state index >= 15 is 0 Å². The largest absolute Gasteiger partial charge is 0.490 e. The summed E-state index contributed by atoms with van der Waals surface area (Å²) in [5.74, 6) is 0.0698. The van der Waals surface area contributed by atoms with Crippen molar-refractivity contribution in [2.45, 2.75) is 24.7 Å². The van der Waals surface area contributed by atoms with Gasteiger partial charge in [0.15, 0.2) is 5.75 Å². The Morgan fingerprint density at radius 3 is 2.88 bits per heavy atom. The Morgan fingerprint density at radius 1 is 1.38 bits per heavy atom. The molecule has 1 aliphatic rings. The van der Waals surface area contributed by atoms with Gasteiger partial charge in [0.1, 0.15) is 10.3 Å². The van der Waals surface area contributed by atoms with Gasteiger partial charge < -0.3 is 15.2 Å². The maximum absolute atomic E-state index is 11.6. The number of methoxy groups -OCH3 is 1. The number of carbonyl (C=O) groups is 1. The third-order valence-corrected chi connectivity index (χ3v) is 5.65. The smallest absolute Gasteiger partial charge is 0.356 e. The Bertz CT molecular complexity index is 830. The maximum atomic E-state index is 11.6. The normalized spacial score (nSPS) is 18.9. The molecule has 0 spiro atoms. The van der Waals surface area contributed by atoms with Gasteiger partial charge in [-0.05, 0) is 70.6 Å². The van der Waals surface area contributed by atoms with E-state index in [4.69, 9.17) is 22.1 Å². The van der Waals surface area contributed by atoms with E-state index in [0.717, 1.165) is 24.3 Å². The van der Waals surface area contributed by atoms with Gasteiger partial charge in [0, 0.05) is 17.0 Å². The van der Waals surface area contributed by atoms with Gasteiger partial charge in [0.05, 0.1) is 13.7 Å². The molecule has 26 heavy (non-hydrogen) atoms. The lowest BCUT2D eigenvalue weighted by Crippen LogP contribution is -2.43. The molecule has 7 heteroatoms. The number of aromatic nitrogens is 1. The number of halogens is 2. The van der Waals surface area contributed by atoms with Gasteiger partial charge in [-0.3, -0.25) is 0 Å². The van der Waals surface area contributed by atoms with Crippen LogP contribution < -0.4 is 10.5 Å². The molecule has 0 saturated carbocycles. The van der Waals surface area contributed by atoms with E-state index in [0.29, 0.717) is 23.5 Å². The summed E-state index contributed by atoms with van der Waals surface area (Å²) in [6.07, 6.45) is 2.98. The van der Waals surface area contributed by atoms with E-state index in [1.807, 2.05) is 12.1 Å². The zero-order valence-electron chi connectivity index (χ0n) is 14.4. The number of pyridine rings is 1. The number of benzene rings is 1. The number of hydrogen-bond donors (Lipinski definition) is 1. The van der Waals surface area contributed by atoms with Gasteiger partial charge in [-0.25, -0.2) is 9.78 Å². The molecule has 5 nitrogen and oxygen atoms in total. The van der Waals surface area contributed by atoms with Crippen molar-refractivity contribution < 1.29 is 14.3 Å². The van der Waals surface area contributed by atoms with Crippen LogP contribution in [0.3, 0.4) is 0 Å². The average Bonchev–Trinajstić information content (AvgIpc) is 2.65. The third kappa shape index (κ3) is 3.72. The van der Waals surface area contributed by atoms with Crippen molar-refractivity contribution >= 4 is 33.5 Å². The van der Waals surface area contributed by atoms with E-state index in [9.17, 15) is 4.79 Å². The summed E-state index contributed by atoms with van der Waals surface area (Å²) in [6, 6.07) is 9.26. The molecule has 0 aliphatic heterocycles. The monoisotopic (exact) mass is 438 g/mol. The summed E-state index contributed by atoms with van der Waals surface area (Å²) in [5, 5.41) is 0.739. The van der Waals surface area contributed by atoms with Crippen LogP contribution in [0.2, 0.25) is 5.02 Å². The molecule has 1 aromatic carbocycles. The van der Waals surface area contributed by atoms with E-state index in [1.54, 1.807) is 12.1 Å². The van der Waals surface area contributed by atoms with Crippen LogP contribution in [0, 0.1) is 0 Å². The lowest BCUT2D eigenvalue weighted by atomic mass is 9.70. The van der Waals surface area contributed by atoms with Gasteiger partial charge in [0.2, 0.25) is 0 Å². The molecule has 0 unspecified atom stereocenters. The standard InChI is InChI=1S/C19H20BrClN2O3/c1-25-18(24)15-6-7-16(17(20)23-15)26-11-19(10-22)8-2-3-12-9-13(21)4-5-14(12)19/h4-7,9H,2-3,8,10-11,22H2,1H3/t19-/m0/s1. The first-order valence-electron chi connectivity index (χ1n) is 8.36. The van der Waals surface area contributed by atoms with Crippen LogP contribution in [-0.4, -0.2) is 31.2 Å². The Kier molecular flexibility index (Phi) is 5.85. The Morgan fingerprint density at radius 2 is 2.19 bits per heavy atom. The summed E-state index contributed by atoms with van der Waals surface area (Å²) in [6.45, 7) is 0.906. The molecule has 138 valence electrons. The molecule has 2 aromatic rings. The number of rotatable bonds is 5. The molecular formula is C19H20BrClN2O3. The molecular weight excluding hydrogens is 420 g/mol. The first-order chi connectivity index (χ1) is 12.5. The van der Waals surface area contributed by atoms with Gasteiger partial charge in [-0.15, -0.1) is 0 Å². The van der Waals surface area contributed by atoms with Crippen molar-refractivity contribution in [3.8, 4) is 5.75 Å². The fraction of sp³-hybridized carbons (Fsp3) is 0.368. The number of nitrogens with zero attached hydrogens (tertiary/aromatic N) is 1. The zero-order chi connectivity index (χ0) is 18.7. The van der Waals surface area contributed by atoms with Crippen LogP contribution in [0.25, 0.3) is 0 Å². The van der Waals surface area contributed by atoms with Crippen molar-refractivity contribution in [2.24, 2.45) is 5.73 Å². The second-order valence-corrected chi connectivity index (χ2v) is 7.59. The minimum Gasteiger partial charge on any atom is -0.490 e. The summed E-state index contributed by atoms with van der Waals surface area (Å²) in [4.78, 5) is 15.8. The lowest BCUT2D eigenvalue weighted by molar-refractivity contribution is 0.0593. The van der Waals surface area contributed by atoms with Crippen LogP contribution >= 0.6 is 27.5 Å². The highest BCUT2D eigenvalue weighted by Gasteiger charge is 2.36. The molecule has 1 heterocycles. The van der Waals surface area contributed by atoms with Crippen LogP contribution in [0.15, 0.2) is 34.9 Å². The average molecular weight is 440 g/mol. The van der Waals surface area contributed by atoms with E-state index in [-0.39, 0.29) is 11.1 Å². The number of ether oxygens (including phenoxy) is 2. The molecule has 0 fully saturated rings. The number of esters is 1. The quantitative estimate of drug-likeness (QED) is 0.565. The van der Waals surface area contributed by atoms with Gasteiger partial charge in [-0.2, -0.15) is 0 Å². The number of aryl methyl sites for hydroxylation is 1. The number of carbonyl (C=O) groups excluding carboxylic acids is 1. The minimum absolute atomic E-state index is 0.220. The first-order valence-corrected chi connectivity index (χ1v) is 9.53. The maximum Gasteiger partial charge on any atom is 0.356 e. The summed E-state index contributed by atoms with van der Waals surface area (Å²) in [7, 11) is 1.32. The number of nitrogens with two attached hydrogens (primary N) is 1. The van der Waals surface area contributed by atoms with Crippen LogP contribution in [0.4, 0.5) is 0 Å². The second kappa shape index (κ2) is 7.94. The first kappa shape index (κ1) is 19.1. The van der Waals surface area contributed by atoms with Crippen LogP contribution in [-0.2, 0) is 16.6 Å². The predicted molar refractivity (Wildman–Crippen MR) is 104 cm³/mol. The number of hydrogen-bond acceptors (Lipinski definition) is 5. The summed E-state index contributed by atoms with van der Waals surface area (Å²) < 4.78 is 11.2. The van der Waals surface area contributed by atoms with Gasteiger partial charge >= 0.3 is 5.97 Å². The molecule has 3 rings (SSSR count). The van der Waals surface area contributed by atoms with Crippen molar-refractivity contribution in [3.63, 3.8) is 0 Å². The highest BCUT2D eigenvalue weighted by Crippen LogP contribution is 2.39. The Labute approximate surface area is 166 Å². The summed E-state index contributed by atoms with van der Waals surface area (Å²) in [5.41, 5.74) is 8.56. The Hall–Kier alpha value is -1.63. The molecule has 0 saturated heterocycles. The van der Waals surface area contributed by atoms with Gasteiger partial charge in [0.25, 0.3) is 0 Å². The number of fused-ring (bicyclic) bond motifs is 1. The van der Waals surface area contributed by atoms with E-state index < -0.39 is 5.97 Å². The zero-order valence-corrected chi connectivity index (χ0v) is 16.8. The Balaban J connectivity index is 1.84. The SMILES string of the molecule is COC(=O)c1ccc(OC[C@@]2(CN)CCCc3cc(Cl)ccc32)c(Br)n1. The molecule has 0 bridgehead atoms. The van der Waals surface area contributed by atoms with E-state index in [1.165, 1.54) is 18.2 Å². The van der Waals surface area contributed by atoms with E-state index in [2.05, 4.69) is 31.7 Å². The summed E-state index contributed by atoms with van der Waals surface area (Å²) >= 11 is 9.50. The highest BCUT2D eigenvalue weighted by atomic mass is 79.9. The topological polar surface area (TPSA) is 74.4 Å². The molecule has 0 amide bonds. The molecule has 0 radical (unpaired) electrons. The lowest BCUT2D eigenvalue weighted by Gasteiger charge is -2.38. The van der Waals surface area contributed by atoms with Crippen LogP contribution in [0.5, 0.6) is 5.75 Å². The second-order valence-electron chi connectivity index (χ2n) is 6.41. The minimum atomic E-state index is -0.492. The van der Waals surface area contributed by atoms with Crippen molar-refractivity contribution in [2.75, 3.05) is 20.3 Å². The fourth-order valence-corrected chi connectivity index (χ4v) is 4.05. The molecule has 2 N–H and O–H groups in total. The predicted octanol–water partition coefficient (Wildman–Crippen LogP) is 3.90.